The number of carbonyl (C=O) groups is 1. The van der Waals surface area contributed by atoms with Gasteiger partial charge in [0.25, 0.3) is 0 Å². The van der Waals surface area contributed by atoms with Gasteiger partial charge in [-0.3, -0.25) is 4.79 Å². The highest BCUT2D eigenvalue weighted by molar-refractivity contribution is 7.07. The van der Waals surface area contributed by atoms with Gasteiger partial charge in [0.1, 0.15) is 0 Å². The quantitative estimate of drug-likeness (QED) is 0.868. The Kier molecular flexibility index (Phi) is 5.86. The summed E-state index contributed by atoms with van der Waals surface area (Å²) in [5, 5.41) is 7.20. The highest BCUT2D eigenvalue weighted by Gasteiger charge is 2.15. The van der Waals surface area contributed by atoms with E-state index in [0.717, 1.165) is 25.4 Å². The lowest BCUT2D eigenvalue weighted by molar-refractivity contribution is -0.121. The predicted molar refractivity (Wildman–Crippen MR) is 80.5 cm³/mol. The maximum absolute atomic E-state index is 11.7. The molecule has 1 aliphatic rings. The number of thiophene rings is 1. The first-order valence-corrected chi connectivity index (χ1v) is 8.18. The molecule has 1 saturated heterocycles. The Hall–Kier alpha value is -0.870. The fourth-order valence-corrected chi connectivity index (χ4v) is 3.33. The van der Waals surface area contributed by atoms with Gasteiger partial charge in [-0.1, -0.05) is 6.92 Å². The van der Waals surface area contributed by atoms with Crippen molar-refractivity contribution in [1.29, 1.82) is 0 Å². The number of hydrogen-bond acceptors (Lipinski definition) is 3. The van der Waals surface area contributed by atoms with Gasteiger partial charge in [0, 0.05) is 26.1 Å². The lowest BCUT2D eigenvalue weighted by atomic mass is 10.0. The van der Waals surface area contributed by atoms with Crippen molar-refractivity contribution in [3.8, 4) is 0 Å². The zero-order valence-electron chi connectivity index (χ0n) is 11.7. The molecule has 0 aromatic carbocycles. The lowest BCUT2D eigenvalue weighted by Crippen LogP contribution is -2.40. The van der Waals surface area contributed by atoms with Gasteiger partial charge in [-0.05, 0) is 54.1 Å². The molecule has 4 heteroatoms. The summed E-state index contributed by atoms with van der Waals surface area (Å²) in [6, 6.07) is 2.09. The first-order chi connectivity index (χ1) is 9.24. The molecule has 1 unspecified atom stereocenters. The standard InChI is InChI=1S/C15H24N2OS/c1-13-3-2-8-17(11-13)9-7-16-15(18)5-4-14-6-10-19-12-14/h6,10,12-13H,2-5,7-9,11H2,1H3,(H,16,18). The molecule has 0 radical (unpaired) electrons. The topological polar surface area (TPSA) is 32.3 Å². The third-order valence-corrected chi connectivity index (χ3v) is 4.44. The van der Waals surface area contributed by atoms with Gasteiger partial charge in [0.2, 0.25) is 5.91 Å². The number of nitrogens with one attached hydrogen (secondary N) is 1. The monoisotopic (exact) mass is 280 g/mol. The number of amides is 1. The Morgan fingerprint density at radius 3 is 3.21 bits per heavy atom. The zero-order chi connectivity index (χ0) is 13.5. The maximum atomic E-state index is 11.7. The first-order valence-electron chi connectivity index (χ1n) is 7.24. The molecule has 0 aliphatic carbocycles. The average Bonchev–Trinajstić information content (AvgIpc) is 2.89. The van der Waals surface area contributed by atoms with E-state index in [1.165, 1.54) is 31.5 Å². The molecule has 3 nitrogen and oxygen atoms in total. The summed E-state index contributed by atoms with van der Waals surface area (Å²) in [4.78, 5) is 14.2. The molecule has 2 heterocycles. The predicted octanol–water partition coefficient (Wildman–Crippen LogP) is 2.53. The Balaban J connectivity index is 1.56. The van der Waals surface area contributed by atoms with Gasteiger partial charge >= 0.3 is 0 Å². The summed E-state index contributed by atoms with van der Waals surface area (Å²) in [7, 11) is 0. The van der Waals surface area contributed by atoms with E-state index in [1.54, 1.807) is 11.3 Å². The summed E-state index contributed by atoms with van der Waals surface area (Å²) < 4.78 is 0. The molecule has 1 amide bonds. The SMILES string of the molecule is CC1CCCN(CCNC(=O)CCc2ccsc2)C1. The van der Waals surface area contributed by atoms with Crippen LogP contribution in [0.3, 0.4) is 0 Å². The third-order valence-electron chi connectivity index (χ3n) is 3.71. The van der Waals surface area contributed by atoms with E-state index in [2.05, 4.69) is 34.0 Å². The van der Waals surface area contributed by atoms with E-state index in [0.29, 0.717) is 6.42 Å². The molecule has 1 aromatic heterocycles. The molecule has 2 rings (SSSR count). The van der Waals surface area contributed by atoms with E-state index in [9.17, 15) is 4.79 Å². The second kappa shape index (κ2) is 7.65. The maximum Gasteiger partial charge on any atom is 0.220 e. The number of rotatable bonds is 6. The van der Waals surface area contributed by atoms with Crippen LogP contribution in [0.2, 0.25) is 0 Å². The van der Waals surface area contributed by atoms with E-state index >= 15 is 0 Å². The van der Waals surface area contributed by atoms with Crippen LogP contribution in [0.25, 0.3) is 0 Å². The van der Waals surface area contributed by atoms with Crippen LogP contribution in [0, 0.1) is 5.92 Å². The lowest BCUT2D eigenvalue weighted by Gasteiger charge is -2.30. The number of carbonyl (C=O) groups excluding carboxylic acids is 1. The van der Waals surface area contributed by atoms with Crippen LogP contribution in [-0.2, 0) is 11.2 Å². The number of aryl methyl sites for hydroxylation is 1. The van der Waals surface area contributed by atoms with Gasteiger partial charge in [0.05, 0.1) is 0 Å². The second-order valence-electron chi connectivity index (χ2n) is 5.53. The van der Waals surface area contributed by atoms with Crippen molar-refractivity contribution in [2.24, 2.45) is 5.92 Å². The summed E-state index contributed by atoms with van der Waals surface area (Å²) in [6.45, 7) is 6.47. The molecule has 0 bridgehead atoms. The van der Waals surface area contributed by atoms with E-state index in [1.807, 2.05) is 0 Å². The number of likely N-dealkylation sites (tertiary alicyclic amines) is 1. The Morgan fingerprint density at radius 2 is 2.47 bits per heavy atom. The molecule has 1 fully saturated rings. The number of piperidine rings is 1. The minimum atomic E-state index is 0.177. The van der Waals surface area contributed by atoms with Crippen LogP contribution in [-0.4, -0.2) is 37.0 Å². The fourth-order valence-electron chi connectivity index (χ4n) is 2.62. The first kappa shape index (κ1) is 14.5. The van der Waals surface area contributed by atoms with Gasteiger partial charge in [-0.15, -0.1) is 0 Å². The molecular formula is C15H24N2OS. The van der Waals surface area contributed by atoms with Crippen LogP contribution in [0.5, 0.6) is 0 Å². The Morgan fingerprint density at radius 1 is 1.58 bits per heavy atom. The summed E-state index contributed by atoms with van der Waals surface area (Å²) in [6.07, 6.45) is 4.11. The molecule has 1 N–H and O–H groups in total. The van der Waals surface area contributed by atoms with Crippen LogP contribution in [0.15, 0.2) is 16.8 Å². The van der Waals surface area contributed by atoms with Crippen molar-refractivity contribution < 1.29 is 4.79 Å². The van der Waals surface area contributed by atoms with Crippen molar-refractivity contribution in [3.63, 3.8) is 0 Å². The van der Waals surface area contributed by atoms with Crippen LogP contribution >= 0.6 is 11.3 Å². The normalized spacial score (nSPS) is 20.4. The highest BCUT2D eigenvalue weighted by Crippen LogP contribution is 2.14. The van der Waals surface area contributed by atoms with Gasteiger partial charge in [-0.2, -0.15) is 11.3 Å². The van der Waals surface area contributed by atoms with Gasteiger partial charge in [0.15, 0.2) is 0 Å². The van der Waals surface area contributed by atoms with Crippen molar-refractivity contribution in [2.75, 3.05) is 26.2 Å². The van der Waals surface area contributed by atoms with Gasteiger partial charge < -0.3 is 10.2 Å². The zero-order valence-corrected chi connectivity index (χ0v) is 12.5. The largest absolute Gasteiger partial charge is 0.355 e. The summed E-state index contributed by atoms with van der Waals surface area (Å²) in [5.74, 6) is 0.985. The number of hydrogen-bond donors (Lipinski definition) is 1. The van der Waals surface area contributed by atoms with E-state index < -0.39 is 0 Å². The fraction of sp³-hybridized carbons (Fsp3) is 0.667. The smallest absolute Gasteiger partial charge is 0.220 e. The molecule has 1 aromatic rings. The van der Waals surface area contributed by atoms with Crippen molar-refractivity contribution in [2.45, 2.75) is 32.6 Å². The van der Waals surface area contributed by atoms with Crippen LogP contribution in [0.4, 0.5) is 0 Å². The van der Waals surface area contributed by atoms with Crippen LogP contribution in [0.1, 0.15) is 31.7 Å². The molecule has 0 saturated carbocycles. The molecule has 106 valence electrons. The highest BCUT2D eigenvalue weighted by atomic mass is 32.1. The molecule has 1 aliphatic heterocycles. The van der Waals surface area contributed by atoms with E-state index in [-0.39, 0.29) is 5.91 Å². The molecule has 1 atom stereocenters. The molecular weight excluding hydrogens is 256 g/mol. The molecule has 19 heavy (non-hydrogen) atoms. The summed E-state index contributed by atoms with van der Waals surface area (Å²) >= 11 is 1.69. The van der Waals surface area contributed by atoms with Crippen molar-refractivity contribution >= 4 is 17.2 Å². The van der Waals surface area contributed by atoms with Crippen molar-refractivity contribution in [3.05, 3.63) is 22.4 Å². The van der Waals surface area contributed by atoms with Crippen LogP contribution < -0.4 is 5.32 Å². The Bertz CT molecular complexity index is 378. The van der Waals surface area contributed by atoms with Gasteiger partial charge in [-0.25, -0.2) is 0 Å². The number of nitrogens with zero attached hydrogens (tertiary/aromatic N) is 1. The summed E-state index contributed by atoms with van der Waals surface area (Å²) in [5.41, 5.74) is 1.27. The third kappa shape index (κ3) is 5.33. The van der Waals surface area contributed by atoms with E-state index in [4.69, 9.17) is 0 Å². The average molecular weight is 280 g/mol. The molecule has 0 spiro atoms. The van der Waals surface area contributed by atoms with Crippen molar-refractivity contribution in [1.82, 2.24) is 10.2 Å². The minimum absolute atomic E-state index is 0.177. The minimum Gasteiger partial charge on any atom is -0.355 e. The second-order valence-corrected chi connectivity index (χ2v) is 6.31. The Labute approximate surface area is 120 Å².